The average molecular weight is 310 g/mol. The highest BCUT2D eigenvalue weighted by molar-refractivity contribution is 5.99. The maximum atomic E-state index is 12.9. The molecule has 4 heteroatoms. The van der Waals surface area contributed by atoms with Crippen molar-refractivity contribution >= 4 is 5.78 Å². The lowest BCUT2D eigenvalue weighted by molar-refractivity contribution is -0.119. The van der Waals surface area contributed by atoms with Crippen LogP contribution < -0.4 is 5.73 Å². The van der Waals surface area contributed by atoms with Gasteiger partial charge in [0, 0.05) is 29.7 Å². The van der Waals surface area contributed by atoms with Gasteiger partial charge in [0.2, 0.25) is 5.88 Å². The van der Waals surface area contributed by atoms with Crippen LogP contribution in [0.1, 0.15) is 46.0 Å². The number of nitrogens with zero attached hydrogens (tertiary/aromatic N) is 1. The molecule has 0 aromatic rings. The smallest absolute Gasteiger partial charge is 0.204 e. The van der Waals surface area contributed by atoms with E-state index in [0.717, 1.165) is 24.8 Å². The molecule has 0 spiro atoms. The van der Waals surface area contributed by atoms with E-state index in [2.05, 4.69) is 32.1 Å². The lowest BCUT2D eigenvalue weighted by atomic mass is 9.62. The van der Waals surface area contributed by atoms with Crippen molar-refractivity contribution < 1.29 is 9.53 Å². The van der Waals surface area contributed by atoms with Crippen molar-refractivity contribution in [1.82, 2.24) is 0 Å². The number of ether oxygens (including phenoxy) is 1. The maximum Gasteiger partial charge on any atom is 0.204 e. The van der Waals surface area contributed by atoms with Crippen LogP contribution in [0.4, 0.5) is 0 Å². The van der Waals surface area contributed by atoms with Crippen LogP contribution in [0.15, 0.2) is 34.9 Å². The molecule has 1 aliphatic heterocycles. The van der Waals surface area contributed by atoms with Gasteiger partial charge in [-0.25, -0.2) is 0 Å². The van der Waals surface area contributed by atoms with Gasteiger partial charge in [-0.2, -0.15) is 5.26 Å². The molecule has 2 N–H and O–H groups in total. The molecular formula is C19H22N2O2. The van der Waals surface area contributed by atoms with Gasteiger partial charge in [0.15, 0.2) is 5.78 Å². The van der Waals surface area contributed by atoms with E-state index in [-0.39, 0.29) is 28.4 Å². The summed E-state index contributed by atoms with van der Waals surface area (Å²) in [6.45, 7) is 4.15. The molecule has 1 heterocycles. The Morgan fingerprint density at radius 1 is 1.39 bits per heavy atom. The van der Waals surface area contributed by atoms with Crippen molar-refractivity contribution in [1.29, 1.82) is 5.26 Å². The summed E-state index contributed by atoms with van der Waals surface area (Å²) in [5.74, 6) is 1.38. The number of hydrogen-bond donors (Lipinski definition) is 1. The van der Waals surface area contributed by atoms with E-state index in [4.69, 9.17) is 10.5 Å². The van der Waals surface area contributed by atoms with Gasteiger partial charge in [0.05, 0.1) is 5.57 Å². The Kier molecular flexibility index (Phi) is 2.85. The van der Waals surface area contributed by atoms with Crippen LogP contribution in [0.25, 0.3) is 0 Å². The largest absolute Gasteiger partial charge is 0.444 e. The highest BCUT2D eigenvalue weighted by Gasteiger charge is 2.54. The summed E-state index contributed by atoms with van der Waals surface area (Å²) in [6.07, 6.45) is 8.87. The third-order valence-corrected chi connectivity index (χ3v) is 5.97. The second kappa shape index (κ2) is 4.50. The van der Waals surface area contributed by atoms with E-state index in [0.29, 0.717) is 30.1 Å². The summed E-state index contributed by atoms with van der Waals surface area (Å²) in [5, 5.41) is 9.67. The van der Waals surface area contributed by atoms with E-state index >= 15 is 0 Å². The highest BCUT2D eigenvalue weighted by Crippen LogP contribution is 2.60. The summed E-state index contributed by atoms with van der Waals surface area (Å²) in [5.41, 5.74) is 7.01. The van der Waals surface area contributed by atoms with Crippen molar-refractivity contribution in [3.05, 3.63) is 34.9 Å². The first-order chi connectivity index (χ1) is 10.9. The second-order valence-corrected chi connectivity index (χ2v) is 8.30. The first kappa shape index (κ1) is 14.6. The molecule has 1 saturated carbocycles. The third-order valence-electron chi connectivity index (χ3n) is 5.97. The summed E-state index contributed by atoms with van der Waals surface area (Å²) >= 11 is 0. The molecule has 120 valence electrons. The van der Waals surface area contributed by atoms with E-state index < -0.39 is 0 Å². The van der Waals surface area contributed by atoms with Crippen molar-refractivity contribution in [2.45, 2.75) is 46.0 Å². The molecule has 3 aliphatic carbocycles. The van der Waals surface area contributed by atoms with Crippen molar-refractivity contribution in [3.8, 4) is 6.07 Å². The Labute approximate surface area is 136 Å². The first-order valence-corrected chi connectivity index (χ1v) is 8.38. The predicted molar refractivity (Wildman–Crippen MR) is 85.4 cm³/mol. The molecule has 0 unspecified atom stereocenters. The molecule has 0 amide bonds. The molecule has 2 bridgehead atoms. The highest BCUT2D eigenvalue weighted by atomic mass is 16.5. The molecule has 23 heavy (non-hydrogen) atoms. The van der Waals surface area contributed by atoms with E-state index in [9.17, 15) is 10.1 Å². The standard InChI is InChI=1S/C19H22N2O2/c1-18(2)8-13(22)15-14(9-18)23-17(21)12(10-20)16(15)19-5-3-11(7-19)4-6-19/h3,5,11,16H,4,6-9,21H2,1-2H3/t11-,16-,19+/m0/s1. The van der Waals surface area contributed by atoms with Gasteiger partial charge < -0.3 is 10.5 Å². The zero-order chi connectivity index (χ0) is 16.4. The number of carbonyl (C=O) groups is 1. The number of Topliss-reactive ketones (excluding diaryl/α,β-unsaturated/α-hetero) is 1. The minimum Gasteiger partial charge on any atom is -0.444 e. The summed E-state index contributed by atoms with van der Waals surface area (Å²) < 4.78 is 5.76. The molecule has 0 radical (unpaired) electrons. The Balaban J connectivity index is 1.87. The van der Waals surface area contributed by atoms with Crippen LogP contribution in [-0.2, 0) is 9.53 Å². The molecule has 4 rings (SSSR count). The van der Waals surface area contributed by atoms with Crippen LogP contribution in [-0.4, -0.2) is 5.78 Å². The molecule has 0 aromatic heterocycles. The van der Waals surface area contributed by atoms with Gasteiger partial charge in [-0.15, -0.1) is 0 Å². The van der Waals surface area contributed by atoms with Crippen molar-refractivity contribution in [3.63, 3.8) is 0 Å². The molecular weight excluding hydrogens is 288 g/mol. The average Bonchev–Trinajstić information content (AvgIpc) is 3.06. The molecule has 3 atom stereocenters. The van der Waals surface area contributed by atoms with Gasteiger partial charge in [-0.3, -0.25) is 4.79 Å². The lowest BCUT2D eigenvalue weighted by Crippen LogP contribution is -2.40. The van der Waals surface area contributed by atoms with Crippen LogP contribution in [0, 0.1) is 34.0 Å². The quantitative estimate of drug-likeness (QED) is 0.754. The van der Waals surface area contributed by atoms with Crippen LogP contribution in [0.3, 0.4) is 0 Å². The summed E-state index contributed by atoms with van der Waals surface area (Å²) in [7, 11) is 0. The van der Waals surface area contributed by atoms with Crippen LogP contribution in [0.5, 0.6) is 0 Å². The molecule has 0 saturated heterocycles. The fraction of sp³-hybridized carbons (Fsp3) is 0.579. The van der Waals surface area contributed by atoms with Gasteiger partial charge in [0.1, 0.15) is 11.8 Å². The zero-order valence-corrected chi connectivity index (χ0v) is 13.7. The molecule has 1 fully saturated rings. The fourth-order valence-electron chi connectivity index (χ4n) is 5.01. The monoisotopic (exact) mass is 310 g/mol. The second-order valence-electron chi connectivity index (χ2n) is 8.30. The van der Waals surface area contributed by atoms with Crippen molar-refractivity contribution in [2.75, 3.05) is 0 Å². The van der Waals surface area contributed by atoms with E-state index in [1.165, 1.54) is 0 Å². The summed E-state index contributed by atoms with van der Waals surface area (Å²) in [4.78, 5) is 12.9. The molecule has 4 aliphatic rings. The Hall–Kier alpha value is -2.02. The number of ketones is 1. The van der Waals surface area contributed by atoms with E-state index in [1.807, 2.05) is 0 Å². The van der Waals surface area contributed by atoms with Crippen LogP contribution in [0.2, 0.25) is 0 Å². The third kappa shape index (κ3) is 1.99. The zero-order valence-electron chi connectivity index (χ0n) is 13.7. The number of rotatable bonds is 1. The summed E-state index contributed by atoms with van der Waals surface area (Å²) in [6, 6.07) is 2.24. The number of nitriles is 1. The van der Waals surface area contributed by atoms with Gasteiger partial charge in [-0.1, -0.05) is 26.0 Å². The van der Waals surface area contributed by atoms with Gasteiger partial charge >= 0.3 is 0 Å². The lowest BCUT2D eigenvalue weighted by Gasteiger charge is -2.42. The number of carbonyl (C=O) groups excluding carboxylic acids is 1. The first-order valence-electron chi connectivity index (χ1n) is 8.38. The number of allylic oxidation sites excluding steroid dienone is 5. The van der Waals surface area contributed by atoms with Crippen LogP contribution >= 0.6 is 0 Å². The Morgan fingerprint density at radius 3 is 2.74 bits per heavy atom. The van der Waals surface area contributed by atoms with Gasteiger partial charge in [-0.05, 0) is 30.6 Å². The van der Waals surface area contributed by atoms with Gasteiger partial charge in [0.25, 0.3) is 0 Å². The molecule has 0 aromatic carbocycles. The maximum absolute atomic E-state index is 12.9. The Bertz CT molecular complexity index is 735. The predicted octanol–water partition coefficient (Wildman–Crippen LogP) is 3.33. The Morgan fingerprint density at radius 2 is 2.17 bits per heavy atom. The number of fused-ring (bicyclic) bond motifs is 2. The minimum atomic E-state index is -0.219. The molecule has 4 nitrogen and oxygen atoms in total. The topological polar surface area (TPSA) is 76.1 Å². The minimum absolute atomic E-state index is 0.119. The number of hydrogen-bond acceptors (Lipinski definition) is 4. The normalized spacial score (nSPS) is 37.7. The SMILES string of the molecule is CC1(C)CC(=O)C2=C(C1)OC(N)=C(C#N)[C@@H]2[C@]12C=C[C@@H](CC1)C2. The number of nitrogens with two attached hydrogens (primary N) is 1. The van der Waals surface area contributed by atoms with E-state index in [1.54, 1.807) is 0 Å². The fourth-order valence-corrected chi connectivity index (χ4v) is 5.01. The van der Waals surface area contributed by atoms with Crippen molar-refractivity contribution in [2.24, 2.45) is 28.4 Å².